The zero-order chi connectivity index (χ0) is 24.6. The van der Waals surface area contributed by atoms with Gasteiger partial charge in [0.25, 0.3) is 0 Å². The van der Waals surface area contributed by atoms with Gasteiger partial charge in [0.05, 0.1) is 0 Å². The van der Waals surface area contributed by atoms with Crippen LogP contribution >= 0.6 is 0 Å². The molecule has 0 amide bonds. The predicted octanol–water partition coefficient (Wildman–Crippen LogP) is 10.1. The van der Waals surface area contributed by atoms with E-state index in [4.69, 9.17) is 0 Å². The summed E-state index contributed by atoms with van der Waals surface area (Å²) in [5, 5.41) is 0. The van der Waals surface area contributed by atoms with Gasteiger partial charge in [-0.3, -0.25) is 0 Å². The summed E-state index contributed by atoms with van der Waals surface area (Å²) < 4.78 is 0. The molecule has 1 saturated carbocycles. The van der Waals surface area contributed by atoms with Crippen LogP contribution in [0.2, 0.25) is 0 Å². The SMILES string of the molecule is C=CCCCCCCc1ccc(C#Cc2ccc(CCC3CCC(CCCCC)CC3)cc2)cc1. The molecule has 1 fully saturated rings. The number of aryl methyl sites for hydroxylation is 2. The van der Waals surface area contributed by atoms with Crippen molar-refractivity contribution in [2.45, 2.75) is 110 Å². The number of hydrogen-bond acceptors (Lipinski definition) is 0. The molecule has 3 rings (SSSR count). The van der Waals surface area contributed by atoms with Crippen molar-refractivity contribution >= 4 is 0 Å². The molecule has 0 unspecified atom stereocenters. The highest BCUT2D eigenvalue weighted by molar-refractivity contribution is 5.44. The summed E-state index contributed by atoms with van der Waals surface area (Å²) in [6.07, 6.45) is 23.6. The van der Waals surface area contributed by atoms with Crippen LogP contribution in [0.5, 0.6) is 0 Å². The largest absolute Gasteiger partial charge is 0.103 e. The zero-order valence-corrected chi connectivity index (χ0v) is 22.4. The quantitative estimate of drug-likeness (QED) is 0.147. The van der Waals surface area contributed by atoms with Gasteiger partial charge in [-0.1, -0.05) is 113 Å². The fraction of sp³-hybridized carbons (Fsp3) is 0.543. The molecule has 0 N–H and O–H groups in total. The van der Waals surface area contributed by atoms with E-state index in [1.807, 2.05) is 6.08 Å². The third-order valence-electron chi connectivity index (χ3n) is 7.91. The summed E-state index contributed by atoms with van der Waals surface area (Å²) in [6, 6.07) is 17.8. The van der Waals surface area contributed by atoms with Crippen LogP contribution in [-0.2, 0) is 12.8 Å². The van der Waals surface area contributed by atoms with Crippen LogP contribution in [0.4, 0.5) is 0 Å². The van der Waals surface area contributed by atoms with Gasteiger partial charge in [0.2, 0.25) is 0 Å². The molecule has 0 radical (unpaired) electrons. The van der Waals surface area contributed by atoms with Crippen LogP contribution in [0.25, 0.3) is 0 Å². The lowest BCUT2D eigenvalue weighted by Crippen LogP contribution is -2.15. The average molecular weight is 469 g/mol. The standard InChI is InChI=1S/C35H48/c1-3-5-7-8-9-11-13-31-16-20-33(21-17-31)23-25-35-28-26-34(27-29-35)24-22-32-18-14-30(15-19-32)12-10-6-4-2/h3,16-17,20-21,26-30,32H,1,4-15,18-19,22,24H2,2H3. The number of unbranched alkanes of at least 4 members (excludes halogenated alkanes) is 6. The molecule has 0 spiro atoms. The Kier molecular flexibility index (Phi) is 12.8. The van der Waals surface area contributed by atoms with Crippen molar-refractivity contribution in [2.24, 2.45) is 11.8 Å². The Morgan fingerprint density at radius 3 is 1.77 bits per heavy atom. The molecule has 2 aromatic carbocycles. The number of hydrogen-bond donors (Lipinski definition) is 0. The van der Waals surface area contributed by atoms with E-state index < -0.39 is 0 Å². The summed E-state index contributed by atoms with van der Waals surface area (Å²) in [5.41, 5.74) is 5.11. The van der Waals surface area contributed by atoms with Crippen LogP contribution in [-0.4, -0.2) is 0 Å². The highest BCUT2D eigenvalue weighted by atomic mass is 14.3. The van der Waals surface area contributed by atoms with E-state index in [0.29, 0.717) is 0 Å². The smallest absolute Gasteiger partial charge is 0.0249 e. The van der Waals surface area contributed by atoms with E-state index in [9.17, 15) is 0 Å². The van der Waals surface area contributed by atoms with Crippen molar-refractivity contribution in [1.82, 2.24) is 0 Å². The Hall–Kier alpha value is -2.26. The normalized spacial score (nSPS) is 17.5. The van der Waals surface area contributed by atoms with Crippen molar-refractivity contribution in [3.63, 3.8) is 0 Å². The minimum absolute atomic E-state index is 0.942. The minimum Gasteiger partial charge on any atom is -0.103 e. The molecule has 0 heterocycles. The number of benzene rings is 2. The van der Waals surface area contributed by atoms with Crippen LogP contribution in [0.1, 0.15) is 119 Å². The lowest BCUT2D eigenvalue weighted by atomic mass is 9.78. The van der Waals surface area contributed by atoms with Gasteiger partial charge < -0.3 is 0 Å². The molecule has 35 heavy (non-hydrogen) atoms. The van der Waals surface area contributed by atoms with E-state index >= 15 is 0 Å². The number of rotatable bonds is 14. The molecule has 1 aliphatic rings. The van der Waals surface area contributed by atoms with Gasteiger partial charge >= 0.3 is 0 Å². The molecular formula is C35H48. The monoisotopic (exact) mass is 468 g/mol. The molecule has 0 aromatic heterocycles. The van der Waals surface area contributed by atoms with E-state index in [-0.39, 0.29) is 0 Å². The second kappa shape index (κ2) is 16.4. The van der Waals surface area contributed by atoms with Gasteiger partial charge in [0.1, 0.15) is 0 Å². The first kappa shape index (κ1) is 27.3. The Morgan fingerprint density at radius 2 is 1.20 bits per heavy atom. The summed E-state index contributed by atoms with van der Waals surface area (Å²) in [5.74, 6) is 8.66. The summed E-state index contributed by atoms with van der Waals surface area (Å²) in [7, 11) is 0. The molecule has 1 aliphatic carbocycles. The van der Waals surface area contributed by atoms with E-state index in [2.05, 4.69) is 73.9 Å². The predicted molar refractivity (Wildman–Crippen MR) is 154 cm³/mol. The van der Waals surface area contributed by atoms with E-state index in [0.717, 1.165) is 29.4 Å². The highest BCUT2D eigenvalue weighted by Gasteiger charge is 2.20. The van der Waals surface area contributed by atoms with Crippen LogP contribution in [0.15, 0.2) is 61.2 Å². The first-order valence-electron chi connectivity index (χ1n) is 14.6. The first-order valence-corrected chi connectivity index (χ1v) is 14.6. The maximum absolute atomic E-state index is 3.79. The lowest BCUT2D eigenvalue weighted by Gasteiger charge is -2.28. The third kappa shape index (κ3) is 10.9. The summed E-state index contributed by atoms with van der Waals surface area (Å²) in [6.45, 7) is 6.10. The molecule has 2 aromatic rings. The Morgan fingerprint density at radius 1 is 0.657 bits per heavy atom. The van der Waals surface area contributed by atoms with Crippen molar-refractivity contribution in [3.8, 4) is 11.8 Å². The Labute approximate surface area is 216 Å². The van der Waals surface area contributed by atoms with Crippen molar-refractivity contribution in [3.05, 3.63) is 83.4 Å². The summed E-state index contributed by atoms with van der Waals surface area (Å²) >= 11 is 0. The molecule has 0 bridgehead atoms. The maximum Gasteiger partial charge on any atom is 0.0249 e. The molecule has 0 aliphatic heterocycles. The topological polar surface area (TPSA) is 0 Å². The molecule has 0 nitrogen and oxygen atoms in total. The van der Waals surface area contributed by atoms with Gasteiger partial charge in [-0.2, -0.15) is 0 Å². The van der Waals surface area contributed by atoms with Crippen LogP contribution < -0.4 is 0 Å². The Bertz CT molecular complexity index is 882. The molecular weight excluding hydrogens is 420 g/mol. The molecule has 188 valence electrons. The molecule has 0 saturated heterocycles. The highest BCUT2D eigenvalue weighted by Crippen LogP contribution is 2.34. The average Bonchev–Trinajstić information content (AvgIpc) is 2.90. The van der Waals surface area contributed by atoms with Gasteiger partial charge in [0, 0.05) is 11.1 Å². The fourth-order valence-electron chi connectivity index (χ4n) is 5.49. The van der Waals surface area contributed by atoms with E-state index in [1.165, 1.54) is 107 Å². The second-order valence-electron chi connectivity index (χ2n) is 10.8. The maximum atomic E-state index is 3.79. The number of allylic oxidation sites excluding steroid dienone is 1. The van der Waals surface area contributed by atoms with Crippen molar-refractivity contribution in [2.75, 3.05) is 0 Å². The fourth-order valence-corrected chi connectivity index (χ4v) is 5.49. The lowest BCUT2D eigenvalue weighted by molar-refractivity contribution is 0.249. The Balaban J connectivity index is 1.35. The zero-order valence-electron chi connectivity index (χ0n) is 22.4. The first-order chi connectivity index (χ1) is 17.3. The third-order valence-corrected chi connectivity index (χ3v) is 7.91. The molecule has 0 heteroatoms. The van der Waals surface area contributed by atoms with E-state index in [1.54, 1.807) is 0 Å². The molecule has 0 atom stereocenters. The minimum atomic E-state index is 0.942. The van der Waals surface area contributed by atoms with Crippen LogP contribution in [0, 0.1) is 23.7 Å². The van der Waals surface area contributed by atoms with Gasteiger partial charge in [-0.25, -0.2) is 0 Å². The summed E-state index contributed by atoms with van der Waals surface area (Å²) in [4.78, 5) is 0. The van der Waals surface area contributed by atoms with Gasteiger partial charge in [0.15, 0.2) is 0 Å². The van der Waals surface area contributed by atoms with Gasteiger partial charge in [-0.15, -0.1) is 6.58 Å². The van der Waals surface area contributed by atoms with Gasteiger partial charge in [-0.05, 0) is 85.8 Å². The second-order valence-corrected chi connectivity index (χ2v) is 10.8. The van der Waals surface area contributed by atoms with Crippen molar-refractivity contribution < 1.29 is 0 Å². The van der Waals surface area contributed by atoms with Crippen molar-refractivity contribution in [1.29, 1.82) is 0 Å². The van der Waals surface area contributed by atoms with Crippen LogP contribution in [0.3, 0.4) is 0 Å².